The van der Waals surface area contributed by atoms with E-state index in [-0.39, 0.29) is 101 Å². The summed E-state index contributed by atoms with van der Waals surface area (Å²) in [5.41, 5.74) is 24.9. The minimum absolute atomic E-state index is 0.00339. The highest BCUT2D eigenvalue weighted by molar-refractivity contribution is 6.01. The number of anilines is 5. The summed E-state index contributed by atoms with van der Waals surface area (Å²) in [6, 6.07) is 61.4. The number of aryl methyl sites for hydroxylation is 15. The molecule has 1 aliphatic carbocycles. The fourth-order valence-corrected chi connectivity index (χ4v) is 18.7. The predicted octanol–water partition coefficient (Wildman–Crippen LogP) is 18.5. The minimum atomic E-state index is -4.73. The van der Waals surface area contributed by atoms with E-state index in [9.17, 15) is 74.3 Å². The van der Waals surface area contributed by atoms with Crippen molar-refractivity contribution < 1.29 is 55.1 Å². The van der Waals surface area contributed by atoms with Crippen molar-refractivity contribution in [3.05, 3.63) is 361 Å². The highest BCUT2D eigenvalue weighted by Gasteiger charge is 2.47. The maximum Gasteiger partial charge on any atom is 0.522 e. The molecule has 0 N–H and O–H groups in total. The number of hydrogen-bond acceptors (Lipinski definition) is 12. The average molecular weight is 1860 g/mol. The van der Waals surface area contributed by atoms with Crippen LogP contribution in [0.2, 0.25) is 0 Å². The summed E-state index contributed by atoms with van der Waals surface area (Å²) in [6.07, 6.45) is 11.3. The molecular weight excluding hydrogens is 1750 g/mol. The Hall–Kier alpha value is -14.7. The molecule has 19 rings (SSSR count). The Morgan fingerprint density at radius 3 is 1.06 bits per heavy atom. The number of carbonyl (C=O) groups is 5. The maximum absolute atomic E-state index is 13.2. The number of hydrogen-bond donors (Lipinski definition) is 0. The number of aromatic nitrogens is 6. The maximum atomic E-state index is 13.2. The van der Waals surface area contributed by atoms with Crippen molar-refractivity contribution in [2.75, 3.05) is 44.2 Å². The van der Waals surface area contributed by atoms with Gasteiger partial charge in [-0.2, -0.15) is 0 Å². The van der Waals surface area contributed by atoms with Gasteiger partial charge in [-0.25, -0.2) is 13.2 Å². The van der Waals surface area contributed by atoms with Crippen LogP contribution in [-0.4, -0.2) is 89.3 Å². The Balaban J connectivity index is 0.000000130. The van der Waals surface area contributed by atoms with E-state index in [0.29, 0.717) is 98.1 Å². The van der Waals surface area contributed by atoms with Crippen LogP contribution in [-0.2, 0) is 109 Å². The van der Waals surface area contributed by atoms with Crippen LogP contribution in [0.25, 0.3) is 55.6 Å². The Kier molecular flexibility index (Phi) is 28.9. The van der Waals surface area contributed by atoms with E-state index in [2.05, 4.69) is 71.2 Å². The van der Waals surface area contributed by atoms with Crippen LogP contribution in [0.15, 0.2) is 255 Å². The van der Waals surface area contributed by atoms with Crippen LogP contribution in [0.1, 0.15) is 130 Å². The van der Waals surface area contributed by atoms with Crippen molar-refractivity contribution in [1.82, 2.24) is 27.8 Å². The highest BCUT2D eigenvalue weighted by atomic mass is 19.4. The molecule has 28 heteroatoms. The number of nitrogens with zero attached hydrogens (tertiary/aromatic N) is 11. The van der Waals surface area contributed by atoms with Gasteiger partial charge in [0.05, 0.1) is 31.4 Å². The summed E-state index contributed by atoms with van der Waals surface area (Å²) in [6.45, 7) is 11.4. The zero-order valence-corrected chi connectivity index (χ0v) is 78.3. The summed E-state index contributed by atoms with van der Waals surface area (Å²) < 4.78 is 88.0. The van der Waals surface area contributed by atoms with Crippen LogP contribution in [0, 0.1) is 46.4 Å². The van der Waals surface area contributed by atoms with Gasteiger partial charge in [-0.3, -0.25) is 57.7 Å². The van der Waals surface area contributed by atoms with Crippen LogP contribution in [0.3, 0.4) is 0 Å². The molecule has 6 aliphatic rings. The number of alkyl halides is 5. The third-order valence-corrected chi connectivity index (χ3v) is 26.0. The number of rotatable bonds is 16. The number of amides is 5. The summed E-state index contributed by atoms with van der Waals surface area (Å²) >= 11 is 0. The monoisotopic (exact) mass is 1860 g/mol. The van der Waals surface area contributed by atoms with Gasteiger partial charge in [0.1, 0.15) is 5.82 Å². The molecule has 706 valence electrons. The lowest BCUT2D eigenvalue weighted by Crippen LogP contribution is -2.46. The van der Waals surface area contributed by atoms with Gasteiger partial charge in [-0.1, -0.05) is 109 Å². The van der Waals surface area contributed by atoms with Gasteiger partial charge in [0.25, 0.3) is 27.8 Å². The molecule has 1 fully saturated rings. The van der Waals surface area contributed by atoms with Gasteiger partial charge in [0.15, 0.2) is 0 Å². The van der Waals surface area contributed by atoms with Crippen molar-refractivity contribution in [3.8, 4) is 55.6 Å². The standard InChI is InChI=1S/C24H24N2O2.C23H21FN2O2.C22H21N3O2.C21H22F2N2O2.C19H19F3N2O3/c1-16-13-21(15-25(3)24(16)28)20-10-9-19-11-12-23(27)26(22(19)14-20)17(2)18-7-5-4-6-8-18;1-15-11-19(14-25(2)23(15)28)18-6-5-17-7-10-22(27)26(21(17)12-18)13-16-3-8-20(24)9-4-16;1-15-11-18(13-24(2)22(15)27)17-7-6-16-8-9-21(26)25(20(16)12-17)14-19-5-3-4-10-23-19;1-13-7-17(12-24(2)20(13)27)16-4-3-15-5-6-19(26)25(18(15)8-16)11-14-9-21(22,23)10-14;1-12-9-15(11-23(2)18(12)26)14-4-3-13-5-6-17(25)24(16(13)10-14)7-8-27-19(20,21)22/h4-10,13-15,17H,11-12H2,1-3H3;3-6,8-9,11-12,14H,7,10,13H2,1-2H3;3-7,10-13H,8-9,14H2,1-2H3;3-4,7-8,12,14H,5-6,9-11H2,1-2H3;3-4,9-11H,5-8H2,1-2H3. The number of halogens is 6. The van der Waals surface area contributed by atoms with Crippen LogP contribution < -0.4 is 52.3 Å². The second kappa shape index (κ2) is 40.9. The molecule has 1 atom stereocenters. The van der Waals surface area contributed by atoms with E-state index in [1.807, 2.05) is 145 Å². The van der Waals surface area contributed by atoms with Crippen LogP contribution in [0.4, 0.5) is 54.8 Å². The van der Waals surface area contributed by atoms with Crippen molar-refractivity contribution >= 4 is 58.0 Å². The number of fused-ring (bicyclic) bond motifs is 5. The Morgan fingerprint density at radius 2 is 0.701 bits per heavy atom. The first-order chi connectivity index (χ1) is 65.3. The third-order valence-electron chi connectivity index (χ3n) is 26.0. The summed E-state index contributed by atoms with van der Waals surface area (Å²) in [5.74, 6) is -2.95. The zero-order chi connectivity index (χ0) is 97.7. The normalized spacial score (nSPS) is 15.0. The first-order valence-electron chi connectivity index (χ1n) is 45.6. The summed E-state index contributed by atoms with van der Waals surface area (Å²) in [5, 5.41) is 0. The molecule has 0 radical (unpaired) electrons. The predicted molar refractivity (Wildman–Crippen MR) is 521 cm³/mol. The second-order valence-corrected chi connectivity index (χ2v) is 36.1. The van der Waals surface area contributed by atoms with E-state index < -0.39 is 18.9 Å². The molecule has 5 amide bonds. The van der Waals surface area contributed by atoms with Crippen molar-refractivity contribution in [2.24, 2.45) is 41.2 Å². The largest absolute Gasteiger partial charge is 0.522 e. The van der Waals surface area contributed by atoms with E-state index in [4.69, 9.17) is 0 Å². The van der Waals surface area contributed by atoms with Crippen molar-refractivity contribution in [1.29, 1.82) is 0 Å². The Labute approximate surface area is 788 Å². The average Bonchev–Trinajstić information content (AvgIpc) is 0.753. The van der Waals surface area contributed by atoms with E-state index in [1.54, 1.807) is 127 Å². The van der Waals surface area contributed by atoms with Crippen LogP contribution >= 0.6 is 0 Å². The van der Waals surface area contributed by atoms with Gasteiger partial charge in [0, 0.05) is 187 Å². The number of carbonyl (C=O) groups excluding carboxylic acids is 5. The molecular formula is C109H107F6N11O11. The minimum Gasteiger partial charge on any atom is -0.318 e. The summed E-state index contributed by atoms with van der Waals surface area (Å²) in [4.78, 5) is 136. The Bertz CT molecular complexity index is 7020. The molecule has 7 aromatic carbocycles. The van der Waals surface area contributed by atoms with Crippen LogP contribution in [0.5, 0.6) is 0 Å². The van der Waals surface area contributed by atoms with Gasteiger partial charge in [-0.05, 0) is 259 Å². The van der Waals surface area contributed by atoms with Gasteiger partial charge in [-0.15, -0.1) is 13.2 Å². The molecule has 5 aliphatic heterocycles. The lowest BCUT2D eigenvalue weighted by molar-refractivity contribution is -0.323. The van der Waals surface area contributed by atoms with Crippen molar-refractivity contribution in [3.63, 3.8) is 0 Å². The molecule has 1 saturated carbocycles. The first kappa shape index (κ1) is 96.9. The summed E-state index contributed by atoms with van der Waals surface area (Å²) in [7, 11) is 8.63. The molecule has 11 heterocycles. The molecule has 0 spiro atoms. The van der Waals surface area contributed by atoms with E-state index in [0.717, 1.165) is 130 Å². The molecule has 0 bridgehead atoms. The first-order valence-corrected chi connectivity index (χ1v) is 45.6. The van der Waals surface area contributed by atoms with E-state index >= 15 is 0 Å². The number of ether oxygens (including phenoxy) is 1. The fourth-order valence-electron chi connectivity index (χ4n) is 18.7. The molecule has 13 aromatic rings. The number of benzene rings is 7. The zero-order valence-electron chi connectivity index (χ0n) is 78.3. The molecule has 0 saturated heterocycles. The topological polar surface area (TPSA) is 234 Å². The highest BCUT2D eigenvalue weighted by Crippen LogP contribution is 2.46. The quantitative estimate of drug-likeness (QED) is 0.0822. The lowest BCUT2D eigenvalue weighted by atomic mass is 9.80. The second-order valence-electron chi connectivity index (χ2n) is 36.1. The molecule has 137 heavy (non-hydrogen) atoms. The molecule has 1 unspecified atom stereocenters. The van der Waals surface area contributed by atoms with Gasteiger partial charge >= 0.3 is 6.36 Å². The SMILES string of the molecule is Cc1cc(-c2ccc3c(c2)N(C(C)c2ccccc2)C(=O)CC3)cn(C)c1=O.Cc1cc(-c2ccc3c(c2)N(CC2CC(F)(F)C2)C(=O)CC3)cn(C)c1=O.Cc1cc(-c2ccc3c(c2)N(CCOC(F)(F)F)C(=O)CC3)cn(C)c1=O.Cc1cc(-c2ccc3c(c2)N(Cc2ccc(F)cc2)C(=O)CC3)cn(C)c1=O.Cc1cc(-c2ccc3c(c2)N(Cc2ccccn2)C(=O)CC3)cn(C)c1=O. The van der Waals surface area contributed by atoms with E-state index in [1.165, 1.54) is 27.2 Å². The third kappa shape index (κ3) is 22.3. The Morgan fingerprint density at radius 1 is 0.372 bits per heavy atom. The molecule has 6 aromatic heterocycles. The number of pyridine rings is 6. The van der Waals surface area contributed by atoms with Gasteiger partial charge < -0.3 is 47.3 Å². The fraction of sp³-hybridized carbons (Fsp3) is 0.294. The van der Waals surface area contributed by atoms with Crippen molar-refractivity contribution in [2.45, 2.75) is 150 Å². The smallest absolute Gasteiger partial charge is 0.318 e. The molecule has 22 nitrogen and oxygen atoms in total. The van der Waals surface area contributed by atoms with Gasteiger partial charge in [0.2, 0.25) is 35.5 Å². The lowest BCUT2D eigenvalue weighted by Gasteiger charge is -2.40.